The standard InChI is InChI=1S/C19H14BrIO3/c1-2-10-23-19(22)9-7-14-6-8-18(17(21)12-14)24-13-15-4-3-5-16(20)11-15/h1,3-9,11-12H,10,13H2/b9-7+. The number of esters is 1. The fourth-order valence-electron chi connectivity index (χ4n) is 1.85. The van der Waals surface area contributed by atoms with E-state index in [2.05, 4.69) is 44.4 Å². The van der Waals surface area contributed by atoms with Crippen LogP contribution in [-0.4, -0.2) is 12.6 Å². The minimum absolute atomic E-state index is 0.0247. The van der Waals surface area contributed by atoms with Gasteiger partial charge in [0.2, 0.25) is 0 Å². The monoisotopic (exact) mass is 496 g/mol. The Bertz CT molecular complexity index is 793. The molecule has 5 heteroatoms. The first-order valence-electron chi connectivity index (χ1n) is 7.03. The Morgan fingerprint density at radius 3 is 2.83 bits per heavy atom. The summed E-state index contributed by atoms with van der Waals surface area (Å²) < 4.78 is 12.6. The average molecular weight is 497 g/mol. The summed E-state index contributed by atoms with van der Waals surface area (Å²) in [5.41, 5.74) is 1.97. The van der Waals surface area contributed by atoms with Crippen LogP contribution in [0.1, 0.15) is 11.1 Å². The van der Waals surface area contributed by atoms with Crippen LogP contribution in [0.5, 0.6) is 5.75 Å². The molecule has 0 fully saturated rings. The predicted molar refractivity (Wildman–Crippen MR) is 106 cm³/mol. The summed E-state index contributed by atoms with van der Waals surface area (Å²) in [6.45, 7) is 0.464. The first kappa shape index (κ1) is 18.6. The molecule has 0 heterocycles. The molecule has 0 amide bonds. The molecule has 24 heavy (non-hydrogen) atoms. The van der Waals surface area contributed by atoms with Gasteiger partial charge in [-0.15, -0.1) is 6.42 Å². The highest BCUT2D eigenvalue weighted by Gasteiger charge is 2.03. The molecule has 0 bridgehead atoms. The van der Waals surface area contributed by atoms with Crippen molar-refractivity contribution in [2.45, 2.75) is 6.61 Å². The normalized spacial score (nSPS) is 10.4. The number of halogens is 2. The predicted octanol–water partition coefficient (Wildman–Crippen LogP) is 4.82. The van der Waals surface area contributed by atoms with Gasteiger partial charge in [-0.05, 0) is 64.1 Å². The molecule has 0 saturated carbocycles. The lowest BCUT2D eigenvalue weighted by Gasteiger charge is -2.09. The van der Waals surface area contributed by atoms with Crippen LogP contribution in [0.3, 0.4) is 0 Å². The number of rotatable bonds is 6. The number of hydrogen-bond acceptors (Lipinski definition) is 3. The van der Waals surface area contributed by atoms with Crippen LogP contribution < -0.4 is 4.74 Å². The highest BCUT2D eigenvalue weighted by Crippen LogP contribution is 2.24. The fraction of sp³-hybridized carbons (Fsp3) is 0.105. The van der Waals surface area contributed by atoms with Gasteiger partial charge >= 0.3 is 5.97 Å². The van der Waals surface area contributed by atoms with E-state index in [-0.39, 0.29) is 6.61 Å². The van der Waals surface area contributed by atoms with Crippen LogP contribution >= 0.6 is 38.5 Å². The van der Waals surface area contributed by atoms with Crippen LogP contribution in [0.25, 0.3) is 6.08 Å². The van der Waals surface area contributed by atoms with E-state index in [0.29, 0.717) is 6.61 Å². The smallest absolute Gasteiger partial charge is 0.331 e. The second kappa shape index (κ2) is 9.50. The van der Waals surface area contributed by atoms with Crippen molar-refractivity contribution in [3.63, 3.8) is 0 Å². The van der Waals surface area contributed by atoms with E-state index in [9.17, 15) is 4.79 Å². The third-order valence-electron chi connectivity index (χ3n) is 2.95. The first-order chi connectivity index (χ1) is 11.6. The highest BCUT2D eigenvalue weighted by molar-refractivity contribution is 14.1. The van der Waals surface area contributed by atoms with Gasteiger partial charge < -0.3 is 9.47 Å². The zero-order valence-corrected chi connectivity index (χ0v) is 16.4. The molecule has 3 nitrogen and oxygen atoms in total. The number of ether oxygens (including phenoxy) is 2. The van der Waals surface area contributed by atoms with Crippen LogP contribution in [0, 0.1) is 15.9 Å². The van der Waals surface area contributed by atoms with Crippen molar-refractivity contribution < 1.29 is 14.3 Å². The summed E-state index contributed by atoms with van der Waals surface area (Å²) >= 11 is 5.65. The molecule has 0 atom stereocenters. The van der Waals surface area contributed by atoms with Crippen molar-refractivity contribution in [3.05, 3.63) is 67.7 Å². The van der Waals surface area contributed by atoms with Crippen LogP contribution in [0.2, 0.25) is 0 Å². The first-order valence-corrected chi connectivity index (χ1v) is 8.91. The Morgan fingerprint density at radius 2 is 2.12 bits per heavy atom. The van der Waals surface area contributed by atoms with Crippen molar-refractivity contribution in [3.8, 4) is 18.1 Å². The molecule has 2 aromatic rings. The van der Waals surface area contributed by atoms with Gasteiger partial charge in [-0.3, -0.25) is 0 Å². The van der Waals surface area contributed by atoms with Gasteiger partial charge in [0.05, 0.1) is 3.57 Å². The summed E-state index contributed by atoms with van der Waals surface area (Å²) in [6, 6.07) is 13.7. The lowest BCUT2D eigenvalue weighted by atomic mass is 10.2. The zero-order valence-electron chi connectivity index (χ0n) is 12.7. The van der Waals surface area contributed by atoms with E-state index >= 15 is 0 Å². The molecule has 0 saturated heterocycles. The lowest BCUT2D eigenvalue weighted by molar-refractivity contribution is -0.136. The Hall–Kier alpha value is -1.78. The highest BCUT2D eigenvalue weighted by atomic mass is 127. The SMILES string of the molecule is C#CCOC(=O)/C=C/c1ccc(OCc2cccc(Br)c2)c(I)c1. The largest absolute Gasteiger partial charge is 0.488 e. The van der Waals surface area contributed by atoms with E-state index in [4.69, 9.17) is 15.9 Å². The quantitative estimate of drug-likeness (QED) is 0.249. The molecule has 2 rings (SSSR count). The number of hydrogen-bond donors (Lipinski definition) is 0. The summed E-state index contributed by atoms with van der Waals surface area (Å²) in [5, 5.41) is 0. The molecule has 0 radical (unpaired) electrons. The number of carbonyl (C=O) groups is 1. The van der Waals surface area contributed by atoms with Gasteiger partial charge in [-0.1, -0.05) is 40.0 Å². The number of benzene rings is 2. The maximum Gasteiger partial charge on any atom is 0.331 e. The average Bonchev–Trinajstić information content (AvgIpc) is 2.57. The van der Waals surface area contributed by atoms with Crippen LogP contribution in [0.4, 0.5) is 0 Å². The van der Waals surface area contributed by atoms with Gasteiger partial charge in [0, 0.05) is 10.5 Å². The lowest BCUT2D eigenvalue weighted by Crippen LogP contribution is -2.00. The van der Waals surface area contributed by atoms with Gasteiger partial charge in [0.15, 0.2) is 6.61 Å². The Balaban J connectivity index is 1.98. The van der Waals surface area contributed by atoms with Crippen LogP contribution in [-0.2, 0) is 16.1 Å². The van der Waals surface area contributed by atoms with E-state index in [1.54, 1.807) is 6.08 Å². The van der Waals surface area contributed by atoms with Gasteiger partial charge in [-0.25, -0.2) is 4.79 Å². The molecule has 122 valence electrons. The summed E-state index contributed by atoms with van der Waals surface area (Å²) in [7, 11) is 0. The van der Waals surface area contributed by atoms with E-state index in [0.717, 1.165) is 24.9 Å². The van der Waals surface area contributed by atoms with Crippen molar-refractivity contribution in [1.29, 1.82) is 0 Å². The van der Waals surface area contributed by atoms with E-state index in [1.807, 2.05) is 42.5 Å². The van der Waals surface area contributed by atoms with E-state index < -0.39 is 5.97 Å². The van der Waals surface area contributed by atoms with Crippen molar-refractivity contribution in [1.82, 2.24) is 0 Å². The molecule has 0 N–H and O–H groups in total. The van der Waals surface area contributed by atoms with Crippen LogP contribution in [0.15, 0.2) is 53.0 Å². The molecule has 0 aliphatic rings. The Kier molecular flexibility index (Phi) is 7.35. The third-order valence-corrected chi connectivity index (χ3v) is 4.29. The topological polar surface area (TPSA) is 35.5 Å². The maximum absolute atomic E-state index is 11.4. The second-order valence-corrected chi connectivity index (χ2v) is 6.83. The molecule has 0 aliphatic heterocycles. The minimum atomic E-state index is -0.460. The van der Waals surface area contributed by atoms with Crippen molar-refractivity contribution >= 4 is 50.6 Å². The van der Waals surface area contributed by atoms with Gasteiger partial charge in [0.25, 0.3) is 0 Å². The molecule has 2 aromatic carbocycles. The van der Waals surface area contributed by atoms with Gasteiger partial charge in [0.1, 0.15) is 12.4 Å². The van der Waals surface area contributed by atoms with Crippen molar-refractivity contribution in [2.75, 3.05) is 6.61 Å². The summed E-state index contributed by atoms with van der Waals surface area (Å²) in [6.07, 6.45) is 8.06. The second-order valence-electron chi connectivity index (χ2n) is 4.75. The third kappa shape index (κ3) is 6.02. The minimum Gasteiger partial charge on any atom is -0.488 e. The number of carbonyl (C=O) groups excluding carboxylic acids is 1. The Labute approximate surface area is 163 Å². The number of terminal acetylenes is 1. The molecule has 0 aromatic heterocycles. The summed E-state index contributed by atoms with van der Waals surface area (Å²) in [5.74, 6) is 2.58. The zero-order chi connectivity index (χ0) is 17.4. The molecular formula is C19H14BrIO3. The fourth-order valence-corrected chi connectivity index (χ4v) is 2.99. The molecule has 0 aliphatic carbocycles. The molecule has 0 spiro atoms. The maximum atomic E-state index is 11.4. The molecular weight excluding hydrogens is 483 g/mol. The van der Waals surface area contributed by atoms with Crippen molar-refractivity contribution in [2.24, 2.45) is 0 Å². The Morgan fingerprint density at radius 1 is 1.29 bits per heavy atom. The van der Waals surface area contributed by atoms with Gasteiger partial charge in [-0.2, -0.15) is 0 Å². The molecule has 0 unspecified atom stereocenters. The summed E-state index contributed by atoms with van der Waals surface area (Å²) in [4.78, 5) is 11.4. The van der Waals surface area contributed by atoms with E-state index in [1.165, 1.54) is 6.08 Å².